The van der Waals surface area contributed by atoms with Crippen molar-refractivity contribution >= 4 is 23.8 Å². The van der Waals surface area contributed by atoms with Crippen molar-refractivity contribution in [2.45, 2.75) is 120 Å². The maximum absolute atomic E-state index is 2.54. The van der Waals surface area contributed by atoms with E-state index in [1.54, 1.807) is 49.3 Å². The van der Waals surface area contributed by atoms with Crippen LogP contribution in [0.25, 0.3) is 0 Å². The fourth-order valence-corrected chi connectivity index (χ4v) is 9.65. The summed E-state index contributed by atoms with van der Waals surface area (Å²) >= 11 is 0. The van der Waals surface area contributed by atoms with E-state index in [2.05, 4.69) is 98.7 Å². The van der Waals surface area contributed by atoms with E-state index >= 15 is 0 Å². The van der Waals surface area contributed by atoms with Crippen LogP contribution >= 0.6 is 7.92 Å². The third-order valence-corrected chi connectivity index (χ3v) is 11.2. The van der Waals surface area contributed by atoms with E-state index in [1.165, 1.54) is 16.7 Å². The predicted octanol–water partition coefficient (Wildman–Crippen LogP) is 8.51. The molecule has 0 unspecified atom stereocenters. The van der Waals surface area contributed by atoms with E-state index in [4.69, 9.17) is 0 Å². The van der Waals surface area contributed by atoms with E-state index in [0.29, 0.717) is 0 Å². The van der Waals surface area contributed by atoms with Crippen LogP contribution < -0.4 is 15.9 Å². The molecule has 1 heteroatoms. The number of hydrogen-bond donors (Lipinski definition) is 0. The lowest BCUT2D eigenvalue weighted by molar-refractivity contribution is 1.05. The zero-order chi connectivity index (χ0) is 27.1. The van der Waals surface area contributed by atoms with Gasteiger partial charge in [-0.05, 0) is 132 Å². The second kappa shape index (κ2) is 13.8. The Balaban J connectivity index is 2.59. The van der Waals surface area contributed by atoms with Crippen LogP contribution in [-0.4, -0.2) is 0 Å². The van der Waals surface area contributed by atoms with Crippen molar-refractivity contribution in [2.75, 3.05) is 0 Å². The van der Waals surface area contributed by atoms with E-state index in [1.807, 2.05) is 0 Å². The van der Waals surface area contributed by atoms with Gasteiger partial charge in [-0.1, -0.05) is 98.7 Å². The molecule has 0 aromatic heterocycles. The maximum atomic E-state index is 2.54. The minimum Gasteiger partial charge on any atom is -0.0613 e. The largest absolute Gasteiger partial charge is 0.0613 e. The Hall–Kier alpha value is -1.91. The number of hydrogen-bond acceptors (Lipinski definition) is 0. The average molecular weight is 515 g/mol. The lowest BCUT2D eigenvalue weighted by Crippen LogP contribution is -2.33. The molecule has 3 rings (SSSR count). The summed E-state index contributed by atoms with van der Waals surface area (Å²) in [6.45, 7) is 21.1. The highest BCUT2D eigenvalue weighted by Gasteiger charge is 2.30. The quantitative estimate of drug-likeness (QED) is 0.213. The second-order valence-electron chi connectivity index (χ2n) is 10.3. The van der Waals surface area contributed by atoms with Crippen molar-refractivity contribution in [3.05, 3.63) is 86.5 Å². The molecule has 0 saturated heterocycles. The Morgan fingerprint density at radius 2 is 0.514 bits per heavy atom. The van der Waals surface area contributed by atoms with Gasteiger partial charge in [0.05, 0.1) is 0 Å². The van der Waals surface area contributed by atoms with Gasteiger partial charge in [-0.15, -0.1) is 0 Å². The molecule has 0 fully saturated rings. The third kappa shape index (κ3) is 6.06. The number of rotatable bonds is 12. The molecule has 0 nitrogen and oxygen atoms in total. The summed E-state index contributed by atoms with van der Waals surface area (Å²) in [6.07, 6.45) is 9.91. The maximum Gasteiger partial charge on any atom is -0.00867 e. The Morgan fingerprint density at radius 3 is 0.649 bits per heavy atom. The molecule has 0 saturated carbocycles. The lowest BCUT2D eigenvalue weighted by Gasteiger charge is -2.32. The lowest BCUT2D eigenvalue weighted by atomic mass is 10.00. The topological polar surface area (TPSA) is 0 Å². The van der Waals surface area contributed by atoms with Crippen molar-refractivity contribution < 1.29 is 0 Å². The average Bonchev–Trinajstić information content (AvgIpc) is 2.96. The fourth-order valence-electron chi connectivity index (χ4n) is 5.92. The van der Waals surface area contributed by atoms with Crippen LogP contribution in [0.2, 0.25) is 0 Å². The zero-order valence-electron chi connectivity index (χ0n) is 25.3. The molecule has 200 valence electrons. The van der Waals surface area contributed by atoms with Crippen LogP contribution in [0.5, 0.6) is 0 Å². The smallest absolute Gasteiger partial charge is 0.00867 e. The van der Waals surface area contributed by atoms with Gasteiger partial charge in [-0.2, -0.15) is 0 Å². The standard InChI is InChI=1S/C36H51P/c1-10-25-19-28(13-4)34(29(14-5)20-25)37(35-30(15-6)21-26(11-2)22-31(35)16-7)36-32(17-8)23-27(12-3)24-33(36)18-9/h19-24H,10-18H2,1-9H3. The monoisotopic (exact) mass is 514 g/mol. The highest BCUT2D eigenvalue weighted by molar-refractivity contribution is 7.80. The number of benzene rings is 3. The fraction of sp³-hybridized carbons (Fsp3) is 0.500. The molecule has 37 heavy (non-hydrogen) atoms. The van der Waals surface area contributed by atoms with Gasteiger partial charge in [0.25, 0.3) is 0 Å². The van der Waals surface area contributed by atoms with E-state index < -0.39 is 7.92 Å². The van der Waals surface area contributed by atoms with Gasteiger partial charge in [0.2, 0.25) is 0 Å². The minimum atomic E-state index is -0.658. The normalized spacial score (nSPS) is 11.5. The summed E-state index contributed by atoms with van der Waals surface area (Å²) in [5.74, 6) is 0. The van der Waals surface area contributed by atoms with Crippen molar-refractivity contribution in [2.24, 2.45) is 0 Å². The summed E-state index contributed by atoms with van der Waals surface area (Å²) < 4.78 is 0. The molecule has 0 radical (unpaired) electrons. The molecule has 0 bridgehead atoms. The van der Waals surface area contributed by atoms with E-state index in [9.17, 15) is 0 Å². The van der Waals surface area contributed by atoms with Gasteiger partial charge in [0.1, 0.15) is 0 Å². The number of aryl methyl sites for hydroxylation is 9. The molecule has 0 aliphatic heterocycles. The zero-order valence-corrected chi connectivity index (χ0v) is 26.2. The SMILES string of the molecule is CCc1cc(CC)c(P(c2c(CC)cc(CC)cc2CC)c2c(CC)cc(CC)cc2CC)c(CC)c1. The van der Waals surface area contributed by atoms with Gasteiger partial charge in [0.15, 0.2) is 0 Å². The summed E-state index contributed by atoms with van der Waals surface area (Å²) in [5.41, 5.74) is 14.0. The Kier molecular flexibility index (Phi) is 11.0. The van der Waals surface area contributed by atoms with Gasteiger partial charge in [-0.3, -0.25) is 0 Å². The molecular weight excluding hydrogens is 463 g/mol. The van der Waals surface area contributed by atoms with Crippen molar-refractivity contribution in [3.8, 4) is 0 Å². The summed E-state index contributed by atoms with van der Waals surface area (Å²) in [7, 11) is -0.658. The molecule has 0 aliphatic carbocycles. The Bertz CT molecular complexity index is 973. The summed E-state index contributed by atoms with van der Waals surface area (Å²) in [6, 6.07) is 15.2. The molecular formula is C36H51P. The van der Waals surface area contributed by atoms with Gasteiger partial charge < -0.3 is 0 Å². The highest BCUT2D eigenvalue weighted by Crippen LogP contribution is 2.42. The van der Waals surface area contributed by atoms with Crippen molar-refractivity contribution in [1.29, 1.82) is 0 Å². The van der Waals surface area contributed by atoms with E-state index in [0.717, 1.165) is 57.8 Å². The van der Waals surface area contributed by atoms with Crippen LogP contribution in [0.15, 0.2) is 36.4 Å². The van der Waals surface area contributed by atoms with Crippen LogP contribution in [0.1, 0.15) is 112 Å². The van der Waals surface area contributed by atoms with E-state index in [-0.39, 0.29) is 0 Å². The van der Waals surface area contributed by atoms with Crippen LogP contribution in [0, 0.1) is 0 Å². The molecule has 0 spiro atoms. The molecule has 0 aliphatic rings. The first-order valence-electron chi connectivity index (χ1n) is 15.2. The summed E-state index contributed by atoms with van der Waals surface area (Å²) in [5, 5.41) is 5.00. The van der Waals surface area contributed by atoms with Crippen LogP contribution in [0.3, 0.4) is 0 Å². The minimum absolute atomic E-state index is 0.658. The van der Waals surface area contributed by atoms with Gasteiger partial charge in [-0.25, -0.2) is 0 Å². The van der Waals surface area contributed by atoms with Crippen molar-refractivity contribution in [3.63, 3.8) is 0 Å². The molecule has 0 amide bonds. The summed E-state index contributed by atoms with van der Waals surface area (Å²) in [4.78, 5) is 0. The Labute approximate surface area is 230 Å². The first-order valence-corrected chi connectivity index (χ1v) is 16.5. The molecule has 3 aromatic rings. The van der Waals surface area contributed by atoms with Crippen molar-refractivity contribution in [1.82, 2.24) is 0 Å². The molecule has 0 N–H and O–H groups in total. The molecule has 3 aromatic carbocycles. The predicted molar refractivity (Wildman–Crippen MR) is 170 cm³/mol. The first kappa shape index (κ1) is 29.6. The van der Waals surface area contributed by atoms with Crippen LogP contribution in [-0.2, 0) is 57.8 Å². The first-order chi connectivity index (χ1) is 17.9. The second-order valence-corrected chi connectivity index (χ2v) is 12.3. The third-order valence-electron chi connectivity index (χ3n) is 8.16. The molecule has 0 heterocycles. The van der Waals surface area contributed by atoms with Gasteiger partial charge >= 0.3 is 0 Å². The molecule has 0 atom stereocenters. The highest BCUT2D eigenvalue weighted by atomic mass is 31.1. The van der Waals surface area contributed by atoms with Gasteiger partial charge in [0, 0.05) is 0 Å². The van der Waals surface area contributed by atoms with Crippen LogP contribution in [0.4, 0.5) is 0 Å². The Morgan fingerprint density at radius 1 is 0.324 bits per heavy atom.